The van der Waals surface area contributed by atoms with Crippen LogP contribution in [0, 0.1) is 18.8 Å². The Morgan fingerprint density at radius 2 is 1.69 bits per heavy atom. The van der Waals surface area contributed by atoms with Gasteiger partial charge in [-0.15, -0.1) is 0 Å². The number of nitrogens with one attached hydrogen (secondary N) is 1. The normalized spacial score (nSPS) is 18.5. The van der Waals surface area contributed by atoms with E-state index in [2.05, 4.69) is 41.1 Å². The van der Waals surface area contributed by atoms with E-state index in [0.717, 1.165) is 37.4 Å². The number of rotatable bonds is 6. The van der Waals surface area contributed by atoms with Crippen molar-refractivity contribution in [2.24, 2.45) is 11.8 Å². The van der Waals surface area contributed by atoms with Crippen molar-refractivity contribution in [2.75, 3.05) is 32.7 Å². The number of piperidine rings is 2. The molecule has 0 atom stereocenters. The molecule has 0 saturated carbocycles. The Morgan fingerprint density at radius 3 is 2.44 bits per heavy atom. The van der Waals surface area contributed by atoms with Crippen LogP contribution in [0.4, 0.5) is 0 Å². The Balaban J connectivity index is 1.05. The highest BCUT2D eigenvalue weighted by atomic mass is 35.5. The fraction of sp³-hybridized carbons (Fsp3) is 0.433. The van der Waals surface area contributed by atoms with Crippen molar-refractivity contribution < 1.29 is 4.79 Å². The topological polar surface area (TPSA) is 39.3 Å². The number of amides is 1. The van der Waals surface area contributed by atoms with E-state index in [9.17, 15) is 4.79 Å². The zero-order chi connectivity index (χ0) is 25.1. The summed E-state index contributed by atoms with van der Waals surface area (Å²) in [6.07, 6.45) is 9.37. The standard InChI is InChI=1S/C30H35Cl2N3O/c1-21-26(25-4-2-3-5-29(25)33-21)18-23-10-14-34(15-11-23)20-24-12-16-35(17-13-24)30(36)9-7-22-6-8-27(31)28(32)19-22/h2-9,19,23-24,33H,10-18,20H2,1H3/b9-7+. The lowest BCUT2D eigenvalue weighted by atomic mass is 9.88. The molecule has 0 bridgehead atoms. The third-order valence-electron chi connectivity index (χ3n) is 8.03. The van der Waals surface area contributed by atoms with E-state index in [4.69, 9.17) is 23.2 Å². The number of carbonyl (C=O) groups excluding carboxylic acids is 1. The highest BCUT2D eigenvalue weighted by Crippen LogP contribution is 2.30. The summed E-state index contributed by atoms with van der Waals surface area (Å²) in [4.78, 5) is 20.8. The second-order valence-corrected chi connectivity index (χ2v) is 11.3. The lowest BCUT2D eigenvalue weighted by molar-refractivity contribution is -0.127. The Kier molecular flexibility index (Phi) is 8.05. The average Bonchev–Trinajstić information content (AvgIpc) is 3.21. The molecule has 2 saturated heterocycles. The number of hydrogen-bond acceptors (Lipinski definition) is 2. The quantitative estimate of drug-likeness (QED) is 0.353. The molecule has 2 fully saturated rings. The molecular formula is C30H35Cl2N3O. The summed E-state index contributed by atoms with van der Waals surface area (Å²) in [6, 6.07) is 14.1. The lowest BCUT2D eigenvalue weighted by Gasteiger charge is -2.37. The predicted molar refractivity (Wildman–Crippen MR) is 151 cm³/mol. The highest BCUT2D eigenvalue weighted by Gasteiger charge is 2.26. The summed E-state index contributed by atoms with van der Waals surface area (Å²) in [5, 5.41) is 2.42. The predicted octanol–water partition coefficient (Wildman–Crippen LogP) is 6.99. The molecule has 2 aromatic carbocycles. The van der Waals surface area contributed by atoms with Gasteiger partial charge in [0.15, 0.2) is 0 Å². The van der Waals surface area contributed by atoms with Crippen LogP contribution in [0.1, 0.15) is 42.5 Å². The smallest absolute Gasteiger partial charge is 0.246 e. The van der Waals surface area contributed by atoms with Gasteiger partial charge in [-0.2, -0.15) is 0 Å². The number of nitrogens with zero attached hydrogens (tertiary/aromatic N) is 2. The van der Waals surface area contributed by atoms with Crippen molar-refractivity contribution in [2.45, 2.75) is 39.0 Å². The Hall–Kier alpha value is -2.27. The molecule has 190 valence electrons. The maximum Gasteiger partial charge on any atom is 0.246 e. The molecule has 5 rings (SSSR count). The number of H-pyrrole nitrogens is 1. The Morgan fingerprint density at radius 1 is 0.972 bits per heavy atom. The monoisotopic (exact) mass is 523 g/mol. The first-order valence-electron chi connectivity index (χ1n) is 13.2. The first-order valence-corrected chi connectivity index (χ1v) is 13.9. The van der Waals surface area contributed by atoms with E-state index in [1.54, 1.807) is 18.2 Å². The third kappa shape index (κ3) is 5.99. The van der Waals surface area contributed by atoms with E-state index >= 15 is 0 Å². The van der Waals surface area contributed by atoms with Crippen molar-refractivity contribution in [1.82, 2.24) is 14.8 Å². The minimum atomic E-state index is 0.0768. The number of hydrogen-bond donors (Lipinski definition) is 1. The molecule has 2 aliphatic heterocycles. The van der Waals surface area contributed by atoms with Gasteiger partial charge in [0.1, 0.15) is 0 Å². The molecule has 0 radical (unpaired) electrons. The minimum Gasteiger partial charge on any atom is -0.358 e. The van der Waals surface area contributed by atoms with Crippen LogP contribution in [0.2, 0.25) is 10.0 Å². The lowest BCUT2D eigenvalue weighted by Crippen LogP contribution is -2.43. The number of aromatic amines is 1. The Labute approximate surface area is 224 Å². The van der Waals surface area contributed by atoms with Crippen LogP contribution in [0.5, 0.6) is 0 Å². The largest absolute Gasteiger partial charge is 0.358 e. The second kappa shape index (κ2) is 11.4. The zero-order valence-electron chi connectivity index (χ0n) is 21.0. The maximum absolute atomic E-state index is 12.7. The van der Waals surface area contributed by atoms with Gasteiger partial charge >= 0.3 is 0 Å². The molecule has 2 aliphatic rings. The van der Waals surface area contributed by atoms with Crippen LogP contribution in [0.3, 0.4) is 0 Å². The van der Waals surface area contributed by atoms with Gasteiger partial charge in [-0.25, -0.2) is 0 Å². The number of aryl methyl sites for hydroxylation is 1. The van der Waals surface area contributed by atoms with E-state index in [-0.39, 0.29) is 5.91 Å². The van der Waals surface area contributed by atoms with Crippen LogP contribution in [0.15, 0.2) is 48.5 Å². The van der Waals surface area contributed by atoms with Gasteiger partial charge in [0.2, 0.25) is 5.91 Å². The van der Waals surface area contributed by atoms with Gasteiger partial charge in [-0.3, -0.25) is 4.79 Å². The summed E-state index contributed by atoms with van der Waals surface area (Å²) in [6.45, 7) is 7.44. The fourth-order valence-corrected chi connectivity index (χ4v) is 6.16. The van der Waals surface area contributed by atoms with Crippen LogP contribution < -0.4 is 0 Å². The van der Waals surface area contributed by atoms with E-state index in [1.807, 2.05) is 17.0 Å². The number of likely N-dealkylation sites (tertiary alicyclic amines) is 2. The molecule has 3 heterocycles. The van der Waals surface area contributed by atoms with Crippen molar-refractivity contribution >= 4 is 46.1 Å². The molecule has 1 N–H and O–H groups in total. The van der Waals surface area contributed by atoms with E-state index < -0.39 is 0 Å². The van der Waals surface area contributed by atoms with Crippen molar-refractivity contribution in [3.8, 4) is 0 Å². The molecule has 0 aliphatic carbocycles. The molecule has 3 aromatic rings. The molecule has 0 unspecified atom stereocenters. The number of benzene rings is 2. The summed E-state index contributed by atoms with van der Waals surface area (Å²) in [5.41, 5.74) is 4.98. The summed E-state index contributed by atoms with van der Waals surface area (Å²) >= 11 is 12.0. The van der Waals surface area contributed by atoms with Crippen LogP contribution in [0.25, 0.3) is 17.0 Å². The number of carbonyl (C=O) groups is 1. The van der Waals surface area contributed by atoms with Crippen molar-refractivity contribution in [1.29, 1.82) is 0 Å². The highest BCUT2D eigenvalue weighted by molar-refractivity contribution is 6.42. The molecule has 1 amide bonds. The first-order chi connectivity index (χ1) is 17.5. The first kappa shape index (κ1) is 25.4. The van der Waals surface area contributed by atoms with Gasteiger partial charge in [0.05, 0.1) is 10.0 Å². The second-order valence-electron chi connectivity index (χ2n) is 10.5. The molecule has 1 aromatic heterocycles. The van der Waals surface area contributed by atoms with Gasteiger partial charge in [-0.05, 0) is 99.4 Å². The average molecular weight is 525 g/mol. The van der Waals surface area contributed by atoms with Gasteiger partial charge in [-0.1, -0.05) is 47.5 Å². The fourth-order valence-electron chi connectivity index (χ4n) is 5.85. The number of halogens is 2. The van der Waals surface area contributed by atoms with Crippen LogP contribution in [-0.4, -0.2) is 53.4 Å². The van der Waals surface area contributed by atoms with Gasteiger partial charge in [0, 0.05) is 42.3 Å². The number of aromatic nitrogens is 1. The molecule has 6 heteroatoms. The number of fused-ring (bicyclic) bond motifs is 1. The van der Waals surface area contributed by atoms with E-state index in [0.29, 0.717) is 16.0 Å². The molecule has 0 spiro atoms. The van der Waals surface area contributed by atoms with Crippen molar-refractivity contribution in [3.05, 3.63) is 75.4 Å². The summed E-state index contributed by atoms with van der Waals surface area (Å²) < 4.78 is 0. The zero-order valence-corrected chi connectivity index (χ0v) is 22.5. The SMILES string of the molecule is Cc1[nH]c2ccccc2c1CC1CCN(CC2CCN(C(=O)/C=C/c3ccc(Cl)c(Cl)c3)CC2)CC1. The Bertz CT molecular complexity index is 1230. The van der Waals surface area contributed by atoms with E-state index in [1.165, 1.54) is 61.1 Å². The molecule has 4 nitrogen and oxygen atoms in total. The van der Waals surface area contributed by atoms with Crippen LogP contribution in [-0.2, 0) is 11.2 Å². The molecule has 36 heavy (non-hydrogen) atoms. The van der Waals surface area contributed by atoms with Gasteiger partial charge in [0.25, 0.3) is 0 Å². The molecular weight excluding hydrogens is 489 g/mol. The van der Waals surface area contributed by atoms with Gasteiger partial charge < -0.3 is 14.8 Å². The van der Waals surface area contributed by atoms with Crippen molar-refractivity contribution in [3.63, 3.8) is 0 Å². The summed E-state index contributed by atoms with van der Waals surface area (Å²) in [7, 11) is 0. The minimum absolute atomic E-state index is 0.0768. The number of para-hydroxylation sites is 1. The maximum atomic E-state index is 12.7. The summed E-state index contributed by atoms with van der Waals surface area (Å²) in [5.74, 6) is 1.52. The van der Waals surface area contributed by atoms with Crippen LogP contribution >= 0.6 is 23.2 Å². The third-order valence-corrected chi connectivity index (χ3v) is 8.77.